The third kappa shape index (κ3) is 3.19. The van der Waals surface area contributed by atoms with Gasteiger partial charge in [0.05, 0.1) is 23.1 Å². The highest BCUT2D eigenvalue weighted by atomic mass is 16.6. The number of benzene rings is 1. The molecule has 4 rings (SSSR count). The quantitative estimate of drug-likeness (QED) is 0.304. The van der Waals surface area contributed by atoms with Crippen molar-refractivity contribution in [1.29, 1.82) is 0 Å². The third-order valence-corrected chi connectivity index (χ3v) is 5.55. The molecule has 10 nitrogen and oxygen atoms in total. The van der Waals surface area contributed by atoms with Gasteiger partial charge in [0.2, 0.25) is 0 Å². The summed E-state index contributed by atoms with van der Waals surface area (Å²) in [6, 6.07) is 5.56. The van der Waals surface area contributed by atoms with Crippen molar-refractivity contribution in [3.63, 3.8) is 0 Å². The number of nitrogens with one attached hydrogen (secondary N) is 1. The summed E-state index contributed by atoms with van der Waals surface area (Å²) in [5, 5.41) is 11.9. The van der Waals surface area contributed by atoms with Crippen LogP contribution in [0.5, 0.6) is 0 Å². The zero-order valence-electron chi connectivity index (χ0n) is 16.3. The molecule has 1 aliphatic rings. The van der Waals surface area contributed by atoms with Crippen LogP contribution in [0.4, 0.5) is 5.69 Å². The first-order chi connectivity index (χ1) is 14.4. The molecule has 1 aromatic carbocycles. The Kier molecular flexibility index (Phi) is 4.98. The smallest absolute Gasteiger partial charge is 0.355 e. The minimum Gasteiger partial charge on any atom is -0.464 e. The number of aromatic amines is 1. The summed E-state index contributed by atoms with van der Waals surface area (Å²) in [7, 11) is 1.22. The van der Waals surface area contributed by atoms with Crippen LogP contribution in [0.15, 0.2) is 40.1 Å². The summed E-state index contributed by atoms with van der Waals surface area (Å²) in [5.74, 6) is -0.657. The number of ether oxygens (including phenoxy) is 1. The van der Waals surface area contributed by atoms with Gasteiger partial charge in [0.15, 0.2) is 0 Å². The van der Waals surface area contributed by atoms with Crippen molar-refractivity contribution in [3.05, 3.63) is 67.0 Å². The Morgan fingerprint density at radius 1 is 1.23 bits per heavy atom. The topological polar surface area (TPSA) is 129 Å². The molecule has 0 saturated heterocycles. The number of rotatable bonds is 4. The summed E-state index contributed by atoms with van der Waals surface area (Å²) in [5.41, 5.74) is -1.02. The molecule has 0 bridgehead atoms. The fourth-order valence-electron chi connectivity index (χ4n) is 4.16. The molecule has 0 atom stereocenters. The van der Waals surface area contributed by atoms with Crippen molar-refractivity contribution >= 4 is 22.7 Å². The Balaban J connectivity index is 2.02. The molecule has 30 heavy (non-hydrogen) atoms. The molecule has 1 aliphatic carbocycles. The number of esters is 1. The van der Waals surface area contributed by atoms with Crippen LogP contribution >= 0.6 is 0 Å². The fourth-order valence-corrected chi connectivity index (χ4v) is 4.16. The lowest BCUT2D eigenvalue weighted by Gasteiger charge is -2.25. The Morgan fingerprint density at radius 2 is 1.97 bits per heavy atom. The van der Waals surface area contributed by atoms with E-state index in [4.69, 9.17) is 4.74 Å². The van der Waals surface area contributed by atoms with Crippen molar-refractivity contribution < 1.29 is 14.5 Å². The zero-order chi connectivity index (χ0) is 21.4. The van der Waals surface area contributed by atoms with Crippen molar-refractivity contribution in [1.82, 2.24) is 14.1 Å². The van der Waals surface area contributed by atoms with E-state index in [-0.39, 0.29) is 28.6 Å². The molecule has 0 spiro atoms. The number of fused-ring (bicyclic) bond motifs is 1. The van der Waals surface area contributed by atoms with Gasteiger partial charge in [-0.2, -0.15) is 0 Å². The molecule has 1 fully saturated rings. The number of hydrogen-bond acceptors (Lipinski definition) is 6. The number of nitro benzene ring substituents is 1. The van der Waals surface area contributed by atoms with Gasteiger partial charge in [-0.1, -0.05) is 19.3 Å². The van der Waals surface area contributed by atoms with Crippen LogP contribution in [0.3, 0.4) is 0 Å². The first-order valence-corrected chi connectivity index (χ1v) is 9.65. The third-order valence-electron chi connectivity index (χ3n) is 5.55. The lowest BCUT2D eigenvalue weighted by molar-refractivity contribution is -0.384. The molecule has 0 radical (unpaired) electrons. The maximum atomic E-state index is 12.6. The number of hydrogen-bond donors (Lipinski definition) is 1. The average molecular weight is 412 g/mol. The summed E-state index contributed by atoms with van der Waals surface area (Å²) in [6.45, 7) is 0. The van der Waals surface area contributed by atoms with Crippen molar-refractivity contribution in [2.45, 2.75) is 38.1 Å². The fraction of sp³-hybridized carbons (Fsp3) is 0.350. The maximum absolute atomic E-state index is 12.6. The van der Waals surface area contributed by atoms with Crippen LogP contribution in [0, 0.1) is 10.1 Å². The van der Waals surface area contributed by atoms with Gasteiger partial charge >= 0.3 is 17.1 Å². The van der Waals surface area contributed by atoms with Gasteiger partial charge in [0, 0.05) is 18.3 Å². The lowest BCUT2D eigenvalue weighted by Crippen LogP contribution is -2.39. The van der Waals surface area contributed by atoms with Gasteiger partial charge in [-0.25, -0.2) is 4.79 Å². The van der Waals surface area contributed by atoms with E-state index in [1.54, 1.807) is 6.07 Å². The van der Waals surface area contributed by atoms with Gasteiger partial charge in [0.25, 0.3) is 5.69 Å². The monoisotopic (exact) mass is 412 g/mol. The lowest BCUT2D eigenvalue weighted by atomic mass is 9.95. The van der Waals surface area contributed by atoms with Gasteiger partial charge in [-0.3, -0.25) is 24.3 Å². The Labute approximate surface area is 169 Å². The van der Waals surface area contributed by atoms with Crippen molar-refractivity contribution in [2.24, 2.45) is 0 Å². The number of nitrogens with zero attached hydrogens (tertiary/aromatic N) is 3. The number of carbonyl (C=O) groups is 1. The largest absolute Gasteiger partial charge is 0.464 e. The normalized spacial score (nSPS) is 14.7. The molecule has 2 heterocycles. The number of methoxy groups -OCH3 is 1. The summed E-state index contributed by atoms with van der Waals surface area (Å²) in [6.07, 6.45) is 5.88. The van der Waals surface area contributed by atoms with Gasteiger partial charge < -0.3 is 14.3 Å². The SMILES string of the molecule is COC(=O)c1cccn1-c1cc2[nH]c(=O)c(=O)n(C3CCCCC3)c2cc1[N+](=O)[O-]. The molecule has 0 unspecified atom stereocenters. The first-order valence-electron chi connectivity index (χ1n) is 9.65. The van der Waals surface area contributed by atoms with E-state index in [1.165, 1.54) is 40.6 Å². The molecule has 3 aromatic rings. The number of H-pyrrole nitrogens is 1. The number of nitro groups is 1. The van der Waals surface area contributed by atoms with Crippen LogP contribution in [-0.2, 0) is 4.74 Å². The predicted molar refractivity (Wildman–Crippen MR) is 108 cm³/mol. The average Bonchev–Trinajstić information content (AvgIpc) is 3.23. The van der Waals surface area contributed by atoms with E-state index in [1.807, 2.05) is 0 Å². The molecular formula is C20H20N4O6. The van der Waals surface area contributed by atoms with Crippen LogP contribution in [-0.4, -0.2) is 32.1 Å². The van der Waals surface area contributed by atoms with Crippen molar-refractivity contribution in [2.75, 3.05) is 7.11 Å². The summed E-state index contributed by atoms with van der Waals surface area (Å²) in [4.78, 5) is 50.9. The Bertz CT molecular complexity index is 1260. The first kappa shape index (κ1) is 19.6. The van der Waals surface area contributed by atoms with Crippen LogP contribution in [0.25, 0.3) is 16.7 Å². The van der Waals surface area contributed by atoms with Crippen LogP contribution < -0.4 is 11.1 Å². The second-order valence-electron chi connectivity index (χ2n) is 7.29. The number of aromatic nitrogens is 3. The molecule has 156 valence electrons. The molecular weight excluding hydrogens is 392 g/mol. The van der Waals surface area contributed by atoms with E-state index in [0.29, 0.717) is 5.52 Å². The van der Waals surface area contributed by atoms with E-state index in [9.17, 15) is 24.5 Å². The molecule has 2 aromatic heterocycles. The summed E-state index contributed by atoms with van der Waals surface area (Å²) < 4.78 is 7.47. The Morgan fingerprint density at radius 3 is 2.63 bits per heavy atom. The van der Waals surface area contributed by atoms with Gasteiger partial charge in [-0.05, 0) is 31.0 Å². The maximum Gasteiger partial charge on any atom is 0.355 e. The minimum absolute atomic E-state index is 0.0855. The molecule has 0 amide bonds. The van der Waals surface area contributed by atoms with Crippen molar-refractivity contribution in [3.8, 4) is 5.69 Å². The van der Waals surface area contributed by atoms with Gasteiger partial charge in [0.1, 0.15) is 11.4 Å². The predicted octanol–water partition coefficient (Wildman–Crippen LogP) is 2.68. The van der Waals surface area contributed by atoms with Gasteiger partial charge in [-0.15, -0.1) is 0 Å². The van der Waals surface area contributed by atoms with Crippen LogP contribution in [0.1, 0.15) is 48.6 Å². The second kappa shape index (κ2) is 7.62. The molecule has 1 saturated carbocycles. The zero-order valence-corrected chi connectivity index (χ0v) is 16.3. The van der Waals surface area contributed by atoms with E-state index in [0.717, 1.165) is 32.1 Å². The minimum atomic E-state index is -0.784. The van der Waals surface area contributed by atoms with E-state index < -0.39 is 22.0 Å². The number of carbonyl (C=O) groups excluding carboxylic acids is 1. The highest BCUT2D eigenvalue weighted by Crippen LogP contribution is 2.33. The van der Waals surface area contributed by atoms with Crippen LogP contribution in [0.2, 0.25) is 0 Å². The molecule has 0 aliphatic heterocycles. The van der Waals surface area contributed by atoms with E-state index >= 15 is 0 Å². The molecule has 10 heteroatoms. The van der Waals surface area contributed by atoms with E-state index in [2.05, 4.69) is 4.98 Å². The highest BCUT2D eigenvalue weighted by Gasteiger charge is 2.25. The summed E-state index contributed by atoms with van der Waals surface area (Å²) >= 11 is 0. The highest BCUT2D eigenvalue weighted by molar-refractivity contribution is 5.90. The second-order valence-corrected chi connectivity index (χ2v) is 7.29. The Hall–Kier alpha value is -3.69. The molecule has 1 N–H and O–H groups in total. The standard InChI is InChI=1S/C20H20N4O6/c1-30-20(27)14-8-5-9-22(14)16-10-13-15(11-17(16)24(28)29)23(19(26)18(25)21-13)12-6-3-2-4-7-12/h5,8-12H,2-4,6-7H2,1H3,(H,21,25).